The van der Waals surface area contributed by atoms with Crippen LogP contribution in [0, 0.1) is 16.7 Å². The van der Waals surface area contributed by atoms with Gasteiger partial charge in [0, 0.05) is 55.7 Å². The molecule has 2 aliphatic heterocycles. The minimum atomic E-state index is -0.387. The zero-order chi connectivity index (χ0) is 24.0. The summed E-state index contributed by atoms with van der Waals surface area (Å²) in [5.74, 6) is 2.74. The molecule has 1 saturated carbocycles. The van der Waals surface area contributed by atoms with Crippen molar-refractivity contribution in [2.75, 3.05) is 43.0 Å². The van der Waals surface area contributed by atoms with E-state index >= 15 is 0 Å². The Morgan fingerprint density at radius 2 is 2.00 bits per heavy atom. The Morgan fingerprint density at radius 3 is 2.55 bits per heavy atom. The Morgan fingerprint density at radius 1 is 1.30 bits per heavy atom. The fraction of sp³-hybridized carbons (Fsp3) is 0.560. The van der Waals surface area contributed by atoms with Gasteiger partial charge >= 0.3 is 0 Å². The van der Waals surface area contributed by atoms with E-state index < -0.39 is 0 Å². The third-order valence-corrected chi connectivity index (χ3v) is 6.88. The van der Waals surface area contributed by atoms with Gasteiger partial charge in [0.15, 0.2) is 0 Å². The number of anilines is 2. The molecule has 0 aromatic carbocycles. The van der Waals surface area contributed by atoms with Crippen LogP contribution in [-0.2, 0) is 10.2 Å². The fourth-order valence-electron chi connectivity index (χ4n) is 4.91. The van der Waals surface area contributed by atoms with Gasteiger partial charge in [-0.15, -0.1) is 0 Å². The first-order valence-electron chi connectivity index (χ1n) is 11.6. The monoisotopic (exact) mass is 447 g/mol. The van der Waals surface area contributed by atoms with Crippen molar-refractivity contribution in [2.45, 2.75) is 52.0 Å². The molecule has 1 aromatic rings. The van der Waals surface area contributed by atoms with Crippen LogP contribution in [0.1, 0.15) is 46.1 Å². The van der Waals surface area contributed by atoms with Crippen molar-refractivity contribution in [3.05, 3.63) is 36.2 Å². The number of fused-ring (bicyclic) bond motifs is 2. The second-order valence-corrected chi connectivity index (χ2v) is 10.3. The maximum absolute atomic E-state index is 12.9. The zero-order valence-electron chi connectivity index (χ0n) is 20.3. The summed E-state index contributed by atoms with van der Waals surface area (Å²) in [6.45, 7) is 14.7. The van der Waals surface area contributed by atoms with Crippen LogP contribution in [0.2, 0.25) is 0 Å². The molecule has 1 aromatic heterocycles. The molecule has 0 radical (unpaired) electrons. The van der Waals surface area contributed by atoms with Crippen LogP contribution in [0.3, 0.4) is 0 Å². The molecule has 1 unspecified atom stereocenters. The largest absolute Gasteiger partial charge is 0.352 e. The van der Waals surface area contributed by atoms with Gasteiger partial charge in [0.2, 0.25) is 5.91 Å². The van der Waals surface area contributed by atoms with Crippen LogP contribution in [0.5, 0.6) is 0 Å². The van der Waals surface area contributed by atoms with Gasteiger partial charge in [0.05, 0.1) is 11.6 Å². The van der Waals surface area contributed by atoms with Crippen molar-refractivity contribution in [3.63, 3.8) is 0 Å². The summed E-state index contributed by atoms with van der Waals surface area (Å²) in [6, 6.07) is 2.26. The molecule has 3 aliphatic rings. The molecule has 1 saturated heterocycles. The van der Waals surface area contributed by atoms with Crippen molar-refractivity contribution < 1.29 is 4.79 Å². The molecule has 2 fully saturated rings. The van der Waals surface area contributed by atoms with Crippen molar-refractivity contribution in [2.24, 2.45) is 10.4 Å². The summed E-state index contributed by atoms with van der Waals surface area (Å²) in [5.41, 5.74) is 1.29. The summed E-state index contributed by atoms with van der Waals surface area (Å²) in [6.07, 6.45) is 7.10. The maximum Gasteiger partial charge on any atom is 0.228 e. The lowest BCUT2D eigenvalue weighted by Gasteiger charge is -2.43. The molecule has 1 aliphatic carbocycles. The van der Waals surface area contributed by atoms with Crippen LogP contribution >= 0.6 is 0 Å². The molecular formula is C25H33N7O. The number of hydrogen-bond donors (Lipinski definition) is 0. The molecule has 4 rings (SSSR count). The zero-order valence-corrected chi connectivity index (χ0v) is 20.3. The Hall–Kier alpha value is -3.21. The summed E-state index contributed by atoms with van der Waals surface area (Å²) in [7, 11) is 1.73. The number of aliphatic imine (C=N–C) groups is 1. The van der Waals surface area contributed by atoms with Gasteiger partial charge in [-0.2, -0.15) is 5.26 Å². The van der Waals surface area contributed by atoms with Crippen LogP contribution in [0.25, 0.3) is 0 Å². The summed E-state index contributed by atoms with van der Waals surface area (Å²) in [4.78, 5) is 33.2. The second-order valence-electron chi connectivity index (χ2n) is 10.3. The molecule has 8 nitrogen and oxygen atoms in total. The van der Waals surface area contributed by atoms with Gasteiger partial charge in [-0.25, -0.2) is 9.97 Å². The topological polar surface area (TPSA) is 88.7 Å². The smallest absolute Gasteiger partial charge is 0.228 e. The first kappa shape index (κ1) is 23.0. The van der Waals surface area contributed by atoms with Crippen LogP contribution in [-0.4, -0.2) is 65.9 Å². The number of nitriles is 1. The molecule has 1 atom stereocenters. The lowest BCUT2D eigenvalue weighted by atomic mass is 9.93. The molecule has 1 amide bonds. The van der Waals surface area contributed by atoms with Gasteiger partial charge in [0.1, 0.15) is 23.8 Å². The summed E-state index contributed by atoms with van der Waals surface area (Å²) < 4.78 is 0. The van der Waals surface area contributed by atoms with Crippen molar-refractivity contribution in [1.82, 2.24) is 14.9 Å². The summed E-state index contributed by atoms with van der Waals surface area (Å²) in [5, 5.41) is 9.35. The third-order valence-electron chi connectivity index (χ3n) is 6.88. The molecular weight excluding hydrogens is 414 g/mol. The number of allylic oxidation sites excluding steroid dienone is 2. The van der Waals surface area contributed by atoms with E-state index in [-0.39, 0.29) is 22.8 Å². The molecule has 0 N–H and O–H groups in total. The number of amidine groups is 1. The predicted molar refractivity (Wildman–Crippen MR) is 130 cm³/mol. The quantitative estimate of drug-likeness (QED) is 0.306. The van der Waals surface area contributed by atoms with E-state index in [9.17, 15) is 10.1 Å². The van der Waals surface area contributed by atoms with Gasteiger partial charge in [-0.05, 0) is 25.8 Å². The normalized spacial score (nSPS) is 22.3. The van der Waals surface area contributed by atoms with Crippen molar-refractivity contribution >= 4 is 23.4 Å². The van der Waals surface area contributed by atoms with E-state index in [1.807, 2.05) is 25.7 Å². The van der Waals surface area contributed by atoms with E-state index in [0.29, 0.717) is 18.0 Å². The van der Waals surface area contributed by atoms with E-state index in [0.717, 1.165) is 44.1 Å². The van der Waals surface area contributed by atoms with Crippen molar-refractivity contribution in [1.29, 1.82) is 5.26 Å². The Bertz CT molecular complexity index is 1070. The second kappa shape index (κ2) is 8.29. The van der Waals surface area contributed by atoms with Crippen LogP contribution < -0.4 is 9.80 Å². The molecule has 1 spiro atoms. The Kier molecular flexibility index (Phi) is 5.77. The number of aromatic nitrogens is 2. The third kappa shape index (κ3) is 4.01. The van der Waals surface area contributed by atoms with Gasteiger partial charge in [0.25, 0.3) is 0 Å². The van der Waals surface area contributed by atoms with E-state index in [4.69, 9.17) is 4.98 Å². The highest BCUT2D eigenvalue weighted by molar-refractivity contribution is 6.08. The molecule has 8 heteroatoms. The molecule has 3 heterocycles. The van der Waals surface area contributed by atoms with E-state index in [1.165, 1.54) is 5.56 Å². The minimum Gasteiger partial charge on any atom is -0.352 e. The summed E-state index contributed by atoms with van der Waals surface area (Å²) >= 11 is 0. The van der Waals surface area contributed by atoms with Gasteiger partial charge in [-0.3, -0.25) is 9.79 Å². The number of carbonyl (C=O) groups excluding carboxylic acids is 1. The minimum absolute atomic E-state index is 0.0261. The lowest BCUT2D eigenvalue weighted by Crippen LogP contribution is -2.56. The number of piperazine rings is 1. The number of rotatable bonds is 3. The molecule has 0 bridgehead atoms. The van der Waals surface area contributed by atoms with Gasteiger partial charge < -0.3 is 14.7 Å². The van der Waals surface area contributed by atoms with E-state index in [2.05, 4.69) is 39.3 Å². The average molecular weight is 448 g/mol. The SMILES string of the molecule is C=C/C(C#N)=C\C(=NC)N1CC2(CC2)c2c(N3CCN(C(=O)C(C)(C)C)C(C)C3)ncnc21. The van der Waals surface area contributed by atoms with E-state index in [1.54, 1.807) is 25.5 Å². The Balaban J connectivity index is 1.66. The number of hydrogen-bond acceptors (Lipinski definition) is 6. The lowest BCUT2D eigenvalue weighted by molar-refractivity contribution is -0.142. The maximum atomic E-state index is 12.9. The van der Waals surface area contributed by atoms with Crippen LogP contribution in [0.4, 0.5) is 11.6 Å². The molecule has 33 heavy (non-hydrogen) atoms. The highest BCUT2D eigenvalue weighted by atomic mass is 16.2. The first-order valence-corrected chi connectivity index (χ1v) is 11.6. The van der Waals surface area contributed by atoms with Crippen LogP contribution in [0.15, 0.2) is 35.6 Å². The standard InChI is InChI=1S/C25H33N7O/c1-7-18(13-26)12-19(27-6)32-15-25(8-9-25)20-21(28-16-29-22(20)32)30-10-11-31(17(2)14-30)23(33)24(3,4)5/h7,12,16-17H,1,8-11,14-15H2,2-6H3/b18-12+,27-19?. The number of carbonyl (C=O) groups is 1. The Labute approximate surface area is 196 Å². The molecule has 174 valence electrons. The number of nitrogens with zero attached hydrogens (tertiary/aromatic N) is 7. The first-order chi connectivity index (χ1) is 15.6. The van der Waals surface area contributed by atoms with Gasteiger partial charge in [-0.1, -0.05) is 33.4 Å². The highest BCUT2D eigenvalue weighted by Crippen LogP contribution is 2.58. The van der Waals surface area contributed by atoms with Crippen molar-refractivity contribution in [3.8, 4) is 6.07 Å². The highest BCUT2D eigenvalue weighted by Gasteiger charge is 2.55. The fourth-order valence-corrected chi connectivity index (χ4v) is 4.91. The average Bonchev–Trinajstić information content (AvgIpc) is 3.49. The predicted octanol–water partition coefficient (Wildman–Crippen LogP) is 3.08. The number of amides is 1.